The normalized spacial score (nSPS) is 12.4. The van der Waals surface area contributed by atoms with Gasteiger partial charge in [-0.3, -0.25) is 0 Å². The van der Waals surface area contributed by atoms with Gasteiger partial charge >= 0.3 is 0 Å². The Labute approximate surface area is 248 Å². The van der Waals surface area contributed by atoms with Gasteiger partial charge < -0.3 is 4.42 Å². The molecule has 0 saturated heterocycles. The second kappa shape index (κ2) is 10.2. The fraction of sp³-hybridized carbons (Fsp3) is 0.256. The Bertz CT molecular complexity index is 1920. The first kappa shape index (κ1) is 27.9. The van der Waals surface area contributed by atoms with Gasteiger partial charge in [-0.15, -0.1) is 0 Å². The fourth-order valence-corrected chi connectivity index (χ4v) is 6.22. The van der Waals surface area contributed by atoms with Crippen LogP contribution in [-0.4, -0.2) is 0 Å². The molecule has 0 atom stereocenters. The van der Waals surface area contributed by atoms with Gasteiger partial charge in [0.1, 0.15) is 24.0 Å². The predicted molar refractivity (Wildman–Crippen MR) is 172 cm³/mol. The van der Waals surface area contributed by atoms with Crippen LogP contribution in [0.4, 0.5) is 4.39 Å². The molecule has 2 nitrogen and oxygen atoms in total. The molecule has 0 saturated carbocycles. The Balaban J connectivity index is 1.51. The second-order valence-corrected chi connectivity index (χ2v) is 13.4. The average molecular weight is 557 g/mol. The molecule has 212 valence electrons. The van der Waals surface area contributed by atoms with Crippen molar-refractivity contribution in [1.82, 2.24) is 0 Å². The summed E-state index contributed by atoms with van der Waals surface area (Å²) >= 11 is 0. The number of furan rings is 1. The molecule has 0 fully saturated rings. The molecule has 0 aliphatic carbocycles. The highest BCUT2D eigenvalue weighted by atomic mass is 19.1. The third kappa shape index (κ3) is 4.91. The highest BCUT2D eigenvalue weighted by molar-refractivity contribution is 6.13. The molecule has 0 amide bonds. The van der Waals surface area contributed by atoms with Crippen LogP contribution in [0.3, 0.4) is 0 Å². The third-order valence-electron chi connectivity index (χ3n) is 8.56. The lowest BCUT2D eigenvalue weighted by atomic mass is 9.78. The molecular weight excluding hydrogens is 517 g/mol. The maximum atomic E-state index is 15.6. The molecule has 0 radical (unpaired) electrons. The van der Waals surface area contributed by atoms with E-state index >= 15 is 4.39 Å². The van der Waals surface area contributed by atoms with Crippen molar-refractivity contribution in [2.75, 3.05) is 0 Å². The highest BCUT2D eigenvalue weighted by Crippen LogP contribution is 2.42. The molecule has 2 aromatic heterocycles. The molecule has 3 heteroatoms. The number of hydrogen-bond acceptors (Lipinski definition) is 1. The number of rotatable bonds is 5. The van der Waals surface area contributed by atoms with Gasteiger partial charge in [0.25, 0.3) is 0 Å². The number of halogens is 1. The van der Waals surface area contributed by atoms with E-state index in [9.17, 15) is 0 Å². The first-order valence-corrected chi connectivity index (χ1v) is 14.7. The maximum Gasteiger partial charge on any atom is 0.216 e. The van der Waals surface area contributed by atoms with Crippen molar-refractivity contribution in [3.05, 3.63) is 125 Å². The van der Waals surface area contributed by atoms with Crippen molar-refractivity contribution in [3.8, 4) is 22.4 Å². The lowest BCUT2D eigenvalue weighted by Crippen LogP contribution is -2.31. The number of benzene rings is 4. The summed E-state index contributed by atoms with van der Waals surface area (Å²) in [5.74, 6) is -0.285. The van der Waals surface area contributed by atoms with Crippen LogP contribution in [-0.2, 0) is 18.9 Å². The van der Waals surface area contributed by atoms with Gasteiger partial charge in [0.05, 0.1) is 11.1 Å². The van der Waals surface area contributed by atoms with Crippen LogP contribution in [0, 0.1) is 18.2 Å². The van der Waals surface area contributed by atoms with Gasteiger partial charge in [-0.1, -0.05) is 101 Å². The molecule has 2 heterocycles. The van der Waals surface area contributed by atoms with E-state index in [1.807, 2.05) is 24.3 Å². The van der Waals surface area contributed by atoms with E-state index in [1.54, 1.807) is 6.07 Å². The highest BCUT2D eigenvalue weighted by Gasteiger charge is 2.26. The molecule has 0 unspecified atom stereocenters. The van der Waals surface area contributed by atoms with Crippen molar-refractivity contribution in [1.29, 1.82) is 0 Å². The van der Waals surface area contributed by atoms with E-state index in [-0.39, 0.29) is 16.6 Å². The largest absolute Gasteiger partial charge is 0.454 e. The number of aromatic nitrogens is 1. The standard InChI is InChI=1S/C39H39FNO/c1-25-13-18-30-31-19-20-32(40)35(27-14-16-29(17-15-27)39(5,6)28-11-9-8-10-12-28)37(31)42-36(30)34(25)33-23-26(21-22-41(33)7)24-38(2,3)4/h8-23H,24H2,1-7H3/q+1. The van der Waals surface area contributed by atoms with Crippen LogP contribution in [0.15, 0.2) is 102 Å². The molecule has 0 aliphatic rings. The van der Waals surface area contributed by atoms with E-state index in [1.165, 1.54) is 16.7 Å². The first-order chi connectivity index (χ1) is 19.9. The van der Waals surface area contributed by atoms with Crippen molar-refractivity contribution >= 4 is 21.9 Å². The summed E-state index contributed by atoms with van der Waals surface area (Å²) in [6.07, 6.45) is 3.10. The Kier molecular flexibility index (Phi) is 6.80. The Morgan fingerprint density at radius 1 is 0.714 bits per heavy atom. The zero-order valence-electron chi connectivity index (χ0n) is 25.7. The van der Waals surface area contributed by atoms with E-state index < -0.39 is 0 Å². The summed E-state index contributed by atoms with van der Waals surface area (Å²) in [7, 11) is 2.07. The van der Waals surface area contributed by atoms with Gasteiger partial charge in [0.15, 0.2) is 6.20 Å². The van der Waals surface area contributed by atoms with Crippen LogP contribution in [0.25, 0.3) is 44.3 Å². The Morgan fingerprint density at radius 3 is 2.00 bits per heavy atom. The van der Waals surface area contributed by atoms with E-state index in [4.69, 9.17) is 4.42 Å². The number of hydrogen-bond donors (Lipinski definition) is 0. The molecule has 0 aliphatic heterocycles. The summed E-state index contributed by atoms with van der Waals surface area (Å²) in [5, 5.41) is 1.92. The van der Waals surface area contributed by atoms with Crippen LogP contribution in [0.5, 0.6) is 0 Å². The van der Waals surface area contributed by atoms with Crippen molar-refractivity contribution < 1.29 is 13.4 Å². The summed E-state index contributed by atoms with van der Waals surface area (Å²) in [6, 6.07) is 30.9. The van der Waals surface area contributed by atoms with E-state index in [2.05, 4.69) is 120 Å². The summed E-state index contributed by atoms with van der Waals surface area (Å²) < 4.78 is 24.5. The Hall–Kier alpha value is -4.24. The van der Waals surface area contributed by atoms with Crippen molar-refractivity contribution in [2.45, 2.75) is 53.4 Å². The number of pyridine rings is 1. The van der Waals surface area contributed by atoms with Gasteiger partial charge in [-0.05, 0) is 58.7 Å². The minimum Gasteiger partial charge on any atom is -0.454 e. The minimum atomic E-state index is -0.285. The molecule has 42 heavy (non-hydrogen) atoms. The third-order valence-corrected chi connectivity index (χ3v) is 8.56. The smallest absolute Gasteiger partial charge is 0.216 e. The average Bonchev–Trinajstić information content (AvgIpc) is 3.32. The predicted octanol–water partition coefficient (Wildman–Crippen LogP) is 10.1. The lowest BCUT2D eigenvalue weighted by molar-refractivity contribution is -0.660. The van der Waals surface area contributed by atoms with Crippen molar-refractivity contribution in [2.24, 2.45) is 12.5 Å². The number of fused-ring (bicyclic) bond motifs is 3. The Morgan fingerprint density at radius 2 is 1.33 bits per heavy atom. The zero-order valence-corrected chi connectivity index (χ0v) is 25.7. The maximum absolute atomic E-state index is 15.6. The summed E-state index contributed by atoms with van der Waals surface area (Å²) in [5.41, 5.74) is 9.66. The zero-order chi connectivity index (χ0) is 29.8. The van der Waals surface area contributed by atoms with Crippen LogP contribution >= 0.6 is 0 Å². The van der Waals surface area contributed by atoms with Gasteiger partial charge in [-0.2, -0.15) is 0 Å². The molecule has 0 bridgehead atoms. The second-order valence-electron chi connectivity index (χ2n) is 13.4. The topological polar surface area (TPSA) is 17.0 Å². The van der Waals surface area contributed by atoms with Crippen LogP contribution < -0.4 is 4.57 Å². The SMILES string of the molecule is Cc1ccc2c(oc3c(-c4ccc(C(C)(C)c5ccccc5)cc4)c(F)ccc32)c1-c1cc(CC(C)(C)C)cc[n+]1C. The minimum absolute atomic E-state index is 0.173. The first-order valence-electron chi connectivity index (χ1n) is 14.7. The molecule has 6 aromatic rings. The molecule has 6 rings (SSSR count). The van der Waals surface area contributed by atoms with E-state index in [0.717, 1.165) is 45.2 Å². The van der Waals surface area contributed by atoms with E-state index in [0.29, 0.717) is 11.1 Å². The fourth-order valence-electron chi connectivity index (χ4n) is 6.22. The number of nitrogens with zero attached hydrogens (tertiary/aromatic N) is 1. The van der Waals surface area contributed by atoms with Crippen LogP contribution in [0.2, 0.25) is 0 Å². The van der Waals surface area contributed by atoms with Crippen molar-refractivity contribution in [3.63, 3.8) is 0 Å². The molecule has 4 aromatic carbocycles. The lowest BCUT2D eigenvalue weighted by Gasteiger charge is -2.26. The summed E-state index contributed by atoms with van der Waals surface area (Å²) in [4.78, 5) is 0. The molecule has 0 N–H and O–H groups in total. The van der Waals surface area contributed by atoms with Gasteiger partial charge in [0, 0.05) is 28.3 Å². The quantitative estimate of drug-likeness (QED) is 0.193. The molecular formula is C39H39FNO+. The van der Waals surface area contributed by atoms with Gasteiger partial charge in [0.2, 0.25) is 5.69 Å². The van der Waals surface area contributed by atoms with Gasteiger partial charge in [-0.25, -0.2) is 8.96 Å². The number of aryl methyl sites for hydroxylation is 2. The summed E-state index contributed by atoms with van der Waals surface area (Å²) in [6.45, 7) is 13.3. The monoisotopic (exact) mass is 556 g/mol. The van der Waals surface area contributed by atoms with Crippen LogP contribution in [0.1, 0.15) is 56.9 Å². The molecule has 0 spiro atoms.